The molecule has 2 aliphatic rings. The van der Waals surface area contributed by atoms with Crippen molar-refractivity contribution in [1.82, 2.24) is 0 Å². The van der Waals surface area contributed by atoms with E-state index >= 15 is 0 Å². The van der Waals surface area contributed by atoms with Crippen LogP contribution in [0.1, 0.15) is 29.0 Å². The molecule has 0 spiro atoms. The average molecular weight is 277 g/mol. The van der Waals surface area contributed by atoms with Crippen molar-refractivity contribution in [2.24, 2.45) is 5.73 Å². The molecule has 3 heteroatoms. The van der Waals surface area contributed by atoms with Crippen LogP contribution in [0.3, 0.4) is 0 Å². The highest BCUT2D eigenvalue weighted by molar-refractivity contribution is 5.80. The van der Waals surface area contributed by atoms with E-state index in [1.54, 1.807) is 0 Å². The number of nitrogens with two attached hydrogens (primary N) is 2. The monoisotopic (exact) mass is 277 g/mol. The quantitative estimate of drug-likeness (QED) is 0.702. The van der Waals surface area contributed by atoms with Crippen molar-refractivity contribution >= 4 is 17.5 Å². The van der Waals surface area contributed by atoms with Crippen LogP contribution in [0.4, 0.5) is 11.4 Å². The zero-order valence-electron chi connectivity index (χ0n) is 11.8. The van der Waals surface area contributed by atoms with Crippen molar-refractivity contribution < 1.29 is 0 Å². The molecule has 0 saturated heterocycles. The Bertz CT molecular complexity index is 735. The molecule has 106 valence electrons. The van der Waals surface area contributed by atoms with Crippen LogP contribution >= 0.6 is 0 Å². The number of hydrogen-bond donors (Lipinski definition) is 3. The first-order chi connectivity index (χ1) is 10.2. The second kappa shape index (κ2) is 4.37. The predicted molar refractivity (Wildman–Crippen MR) is 87.9 cm³/mol. The van der Waals surface area contributed by atoms with Gasteiger partial charge in [-0.15, -0.1) is 0 Å². The van der Waals surface area contributed by atoms with Crippen LogP contribution in [0.15, 0.2) is 48.5 Å². The largest absolute Gasteiger partial charge is 0.398 e. The van der Waals surface area contributed by atoms with Gasteiger partial charge in [-0.3, -0.25) is 0 Å². The molecule has 2 atom stereocenters. The van der Waals surface area contributed by atoms with Gasteiger partial charge >= 0.3 is 0 Å². The summed E-state index contributed by atoms with van der Waals surface area (Å²) in [6.07, 6.45) is 6.30. The highest BCUT2D eigenvalue weighted by Crippen LogP contribution is 2.43. The molecule has 1 aliphatic carbocycles. The summed E-state index contributed by atoms with van der Waals surface area (Å²) in [5, 5.41) is 3.51. The molecule has 3 nitrogen and oxygen atoms in total. The lowest BCUT2D eigenvalue weighted by Gasteiger charge is -2.38. The van der Waals surface area contributed by atoms with Gasteiger partial charge in [0.2, 0.25) is 0 Å². The van der Waals surface area contributed by atoms with E-state index in [9.17, 15) is 0 Å². The summed E-state index contributed by atoms with van der Waals surface area (Å²) in [5.74, 6) is 0.291. The summed E-state index contributed by atoms with van der Waals surface area (Å²) in [5.41, 5.74) is 17.8. The van der Waals surface area contributed by atoms with Crippen LogP contribution in [0, 0.1) is 0 Å². The number of nitrogen functional groups attached to an aromatic ring is 1. The van der Waals surface area contributed by atoms with E-state index in [1.807, 2.05) is 18.2 Å². The van der Waals surface area contributed by atoms with Gasteiger partial charge in [0.1, 0.15) is 5.66 Å². The molecule has 0 fully saturated rings. The Morgan fingerprint density at radius 2 is 1.95 bits per heavy atom. The Morgan fingerprint density at radius 3 is 2.86 bits per heavy atom. The van der Waals surface area contributed by atoms with Crippen LogP contribution in [0.25, 0.3) is 6.08 Å². The summed E-state index contributed by atoms with van der Waals surface area (Å²) in [4.78, 5) is 0. The lowest BCUT2D eigenvalue weighted by molar-refractivity contribution is 0.468. The van der Waals surface area contributed by atoms with Crippen molar-refractivity contribution in [3.63, 3.8) is 0 Å². The van der Waals surface area contributed by atoms with Crippen molar-refractivity contribution in [3.05, 3.63) is 65.2 Å². The number of benzene rings is 2. The maximum atomic E-state index is 6.71. The molecule has 0 aromatic heterocycles. The highest BCUT2D eigenvalue weighted by atomic mass is 15.1. The second-order valence-electron chi connectivity index (χ2n) is 5.99. The van der Waals surface area contributed by atoms with Gasteiger partial charge < -0.3 is 16.8 Å². The lowest BCUT2D eigenvalue weighted by atomic mass is 9.84. The van der Waals surface area contributed by atoms with Gasteiger partial charge in [0.25, 0.3) is 0 Å². The molecule has 21 heavy (non-hydrogen) atoms. The van der Waals surface area contributed by atoms with Crippen molar-refractivity contribution in [2.75, 3.05) is 11.1 Å². The molecule has 5 N–H and O–H groups in total. The predicted octanol–water partition coefficient (Wildman–Crippen LogP) is 3.09. The highest BCUT2D eigenvalue weighted by Gasteiger charge is 2.39. The zero-order valence-corrected chi connectivity index (χ0v) is 11.8. The number of hydrogen-bond acceptors (Lipinski definition) is 3. The standard InChI is InChI=1S/C18H19N3/c19-16-6-3-7-17-14(16)10-11-18(20,21-17)15-9-8-12-4-1-2-5-13(12)15/h1-7,10-11,15,21H,8-9,19-20H2. The summed E-state index contributed by atoms with van der Waals surface area (Å²) in [6, 6.07) is 14.5. The molecule has 2 aromatic rings. The van der Waals surface area contributed by atoms with Gasteiger partial charge in [-0.05, 0) is 42.2 Å². The fourth-order valence-electron chi connectivity index (χ4n) is 3.63. The third kappa shape index (κ3) is 1.85. The molecule has 2 aromatic carbocycles. The summed E-state index contributed by atoms with van der Waals surface area (Å²) in [7, 11) is 0. The molecule has 0 amide bonds. The van der Waals surface area contributed by atoms with Crippen LogP contribution in [0.2, 0.25) is 0 Å². The third-order valence-corrected chi connectivity index (χ3v) is 4.73. The molecule has 2 unspecified atom stereocenters. The van der Waals surface area contributed by atoms with E-state index in [1.165, 1.54) is 11.1 Å². The number of nitrogens with one attached hydrogen (secondary N) is 1. The third-order valence-electron chi connectivity index (χ3n) is 4.73. The van der Waals surface area contributed by atoms with Crippen LogP contribution in [0.5, 0.6) is 0 Å². The van der Waals surface area contributed by atoms with E-state index in [0.29, 0.717) is 5.92 Å². The fraction of sp³-hybridized carbons (Fsp3) is 0.222. The molecule has 1 heterocycles. The van der Waals surface area contributed by atoms with Crippen molar-refractivity contribution in [1.29, 1.82) is 0 Å². The minimum absolute atomic E-state index is 0.291. The van der Waals surface area contributed by atoms with Gasteiger partial charge in [-0.25, -0.2) is 0 Å². The molecule has 0 saturated carbocycles. The molecular formula is C18H19N3. The van der Waals surface area contributed by atoms with Crippen LogP contribution < -0.4 is 16.8 Å². The topological polar surface area (TPSA) is 64.1 Å². The molecule has 1 aliphatic heterocycles. The van der Waals surface area contributed by atoms with Gasteiger partial charge in [0.05, 0.1) is 0 Å². The Kier molecular flexibility index (Phi) is 2.59. The van der Waals surface area contributed by atoms with E-state index in [2.05, 4.69) is 41.7 Å². The Labute approximate surface area is 124 Å². The first-order valence-electron chi connectivity index (χ1n) is 7.40. The maximum Gasteiger partial charge on any atom is 0.112 e. The SMILES string of the molecule is Nc1cccc2c1C=CC(N)(C1CCc3ccccc31)N2. The number of fused-ring (bicyclic) bond motifs is 2. The Morgan fingerprint density at radius 1 is 1.10 bits per heavy atom. The van der Waals surface area contributed by atoms with E-state index in [0.717, 1.165) is 29.8 Å². The average Bonchev–Trinajstić information content (AvgIpc) is 2.92. The summed E-state index contributed by atoms with van der Waals surface area (Å²) >= 11 is 0. The number of rotatable bonds is 1. The number of anilines is 2. The summed E-state index contributed by atoms with van der Waals surface area (Å²) in [6.45, 7) is 0. The molecule has 4 rings (SSSR count). The first-order valence-corrected chi connectivity index (χ1v) is 7.40. The van der Waals surface area contributed by atoms with Crippen molar-refractivity contribution in [2.45, 2.75) is 24.4 Å². The molecule has 0 radical (unpaired) electrons. The van der Waals surface area contributed by atoms with Gasteiger partial charge in [-0.1, -0.05) is 36.4 Å². The zero-order chi connectivity index (χ0) is 14.4. The minimum Gasteiger partial charge on any atom is -0.398 e. The van der Waals surface area contributed by atoms with Crippen LogP contribution in [-0.2, 0) is 6.42 Å². The van der Waals surface area contributed by atoms with Gasteiger partial charge in [0, 0.05) is 22.9 Å². The lowest BCUT2D eigenvalue weighted by Crippen LogP contribution is -2.51. The summed E-state index contributed by atoms with van der Waals surface area (Å²) < 4.78 is 0. The first kappa shape index (κ1) is 12.5. The second-order valence-corrected chi connectivity index (χ2v) is 5.99. The van der Waals surface area contributed by atoms with E-state index in [-0.39, 0.29) is 0 Å². The van der Waals surface area contributed by atoms with Gasteiger partial charge in [-0.2, -0.15) is 0 Å². The van der Waals surface area contributed by atoms with E-state index in [4.69, 9.17) is 11.5 Å². The van der Waals surface area contributed by atoms with Crippen LogP contribution in [-0.4, -0.2) is 5.66 Å². The normalized spacial score (nSPS) is 26.0. The maximum absolute atomic E-state index is 6.71. The van der Waals surface area contributed by atoms with Crippen molar-refractivity contribution in [3.8, 4) is 0 Å². The Balaban J connectivity index is 1.75. The number of aryl methyl sites for hydroxylation is 1. The smallest absolute Gasteiger partial charge is 0.112 e. The fourth-order valence-corrected chi connectivity index (χ4v) is 3.63. The Hall–Kier alpha value is -2.26. The minimum atomic E-state index is -0.548. The van der Waals surface area contributed by atoms with E-state index < -0.39 is 5.66 Å². The van der Waals surface area contributed by atoms with Gasteiger partial charge in [0.15, 0.2) is 0 Å². The molecular weight excluding hydrogens is 258 g/mol. The molecule has 0 bridgehead atoms.